The molecule has 3 N–H and O–H groups in total. The Balaban J connectivity index is 2.19. The van der Waals surface area contributed by atoms with E-state index in [-0.39, 0.29) is 12.5 Å². The van der Waals surface area contributed by atoms with Crippen molar-refractivity contribution in [3.63, 3.8) is 0 Å². The number of nitrogens with one attached hydrogen (secondary N) is 1. The van der Waals surface area contributed by atoms with Gasteiger partial charge in [0.25, 0.3) is 5.91 Å². The first-order valence-corrected chi connectivity index (χ1v) is 6.33. The molecule has 0 saturated heterocycles. The molecule has 1 aromatic rings. The standard InChI is InChI=1S/C14H22N2O2/c1-11(2)6-5-9-16-14(17)10-18-13-8-4-3-7-12(13)15/h3-4,7-8,11H,5-6,9-10,15H2,1-2H3,(H,16,17). The van der Waals surface area contributed by atoms with Gasteiger partial charge in [0.1, 0.15) is 5.75 Å². The van der Waals surface area contributed by atoms with E-state index in [1.807, 2.05) is 12.1 Å². The van der Waals surface area contributed by atoms with E-state index in [9.17, 15) is 4.79 Å². The number of carbonyl (C=O) groups excluding carboxylic acids is 1. The maximum absolute atomic E-state index is 11.5. The number of rotatable bonds is 7. The lowest BCUT2D eigenvalue weighted by Crippen LogP contribution is -2.29. The number of nitrogen functional groups attached to an aromatic ring is 1. The highest BCUT2D eigenvalue weighted by molar-refractivity contribution is 5.77. The number of nitrogens with two attached hydrogens (primary N) is 1. The molecule has 0 saturated carbocycles. The van der Waals surface area contributed by atoms with Crippen LogP contribution in [0.15, 0.2) is 24.3 Å². The third-order valence-corrected chi connectivity index (χ3v) is 2.56. The average Bonchev–Trinajstić information content (AvgIpc) is 2.33. The largest absolute Gasteiger partial charge is 0.482 e. The van der Waals surface area contributed by atoms with E-state index in [1.54, 1.807) is 12.1 Å². The summed E-state index contributed by atoms with van der Waals surface area (Å²) in [5.74, 6) is 1.11. The smallest absolute Gasteiger partial charge is 0.257 e. The second-order valence-electron chi connectivity index (χ2n) is 4.71. The fourth-order valence-corrected chi connectivity index (χ4v) is 1.54. The van der Waals surface area contributed by atoms with Gasteiger partial charge in [-0.15, -0.1) is 0 Å². The van der Waals surface area contributed by atoms with E-state index in [2.05, 4.69) is 19.2 Å². The van der Waals surface area contributed by atoms with E-state index in [0.717, 1.165) is 12.8 Å². The van der Waals surface area contributed by atoms with Gasteiger partial charge in [-0.25, -0.2) is 0 Å². The molecule has 0 aliphatic carbocycles. The Hall–Kier alpha value is -1.71. The predicted molar refractivity (Wildman–Crippen MR) is 73.4 cm³/mol. The lowest BCUT2D eigenvalue weighted by molar-refractivity contribution is -0.123. The van der Waals surface area contributed by atoms with E-state index in [0.29, 0.717) is 23.9 Å². The van der Waals surface area contributed by atoms with Gasteiger partial charge in [0.2, 0.25) is 0 Å². The Morgan fingerprint density at radius 3 is 2.78 bits per heavy atom. The van der Waals surface area contributed by atoms with E-state index < -0.39 is 0 Å². The molecule has 1 rings (SSSR count). The van der Waals surface area contributed by atoms with Crippen molar-refractivity contribution in [1.29, 1.82) is 0 Å². The van der Waals surface area contributed by atoms with Gasteiger partial charge in [-0.3, -0.25) is 4.79 Å². The maximum atomic E-state index is 11.5. The van der Waals surface area contributed by atoms with Crippen LogP contribution in [0.5, 0.6) is 5.75 Å². The Kier molecular flexibility index (Phi) is 6.05. The fraction of sp³-hybridized carbons (Fsp3) is 0.500. The Bertz CT molecular complexity index is 378. The van der Waals surface area contributed by atoms with Gasteiger partial charge >= 0.3 is 0 Å². The van der Waals surface area contributed by atoms with Crippen LogP contribution < -0.4 is 15.8 Å². The molecule has 18 heavy (non-hydrogen) atoms. The third kappa shape index (κ3) is 5.57. The first-order valence-electron chi connectivity index (χ1n) is 6.33. The summed E-state index contributed by atoms with van der Waals surface area (Å²) in [5, 5.41) is 2.82. The number of benzene rings is 1. The van der Waals surface area contributed by atoms with Crippen molar-refractivity contribution in [1.82, 2.24) is 5.32 Å². The van der Waals surface area contributed by atoms with Gasteiger partial charge in [-0.05, 0) is 30.9 Å². The van der Waals surface area contributed by atoms with E-state index in [4.69, 9.17) is 10.5 Å². The van der Waals surface area contributed by atoms with Crippen LogP contribution in [0.3, 0.4) is 0 Å². The fourth-order valence-electron chi connectivity index (χ4n) is 1.54. The van der Waals surface area contributed by atoms with Gasteiger partial charge < -0.3 is 15.8 Å². The van der Waals surface area contributed by atoms with Crippen LogP contribution in [0.1, 0.15) is 26.7 Å². The minimum absolute atomic E-state index is 0.00981. The molecule has 4 nitrogen and oxygen atoms in total. The number of ether oxygens (including phenoxy) is 1. The summed E-state index contributed by atoms with van der Waals surface area (Å²) in [6, 6.07) is 7.15. The van der Waals surface area contributed by atoms with Crippen molar-refractivity contribution >= 4 is 11.6 Å². The molecule has 100 valence electrons. The molecule has 1 amide bonds. The van der Waals surface area contributed by atoms with Crippen molar-refractivity contribution in [2.75, 3.05) is 18.9 Å². The van der Waals surface area contributed by atoms with Gasteiger partial charge in [-0.2, -0.15) is 0 Å². The normalized spacial score (nSPS) is 10.4. The number of para-hydroxylation sites is 2. The van der Waals surface area contributed by atoms with E-state index in [1.165, 1.54) is 0 Å². The highest BCUT2D eigenvalue weighted by Crippen LogP contribution is 2.19. The molecular formula is C14H22N2O2. The van der Waals surface area contributed by atoms with Gasteiger partial charge in [0, 0.05) is 6.54 Å². The number of hydrogen-bond donors (Lipinski definition) is 2. The minimum atomic E-state index is -0.109. The number of amides is 1. The minimum Gasteiger partial charge on any atom is -0.482 e. The van der Waals surface area contributed by atoms with Crippen LogP contribution >= 0.6 is 0 Å². The summed E-state index contributed by atoms with van der Waals surface area (Å²) in [4.78, 5) is 11.5. The van der Waals surface area contributed by atoms with Crippen molar-refractivity contribution in [3.8, 4) is 5.75 Å². The molecule has 4 heteroatoms. The van der Waals surface area contributed by atoms with Crippen molar-refractivity contribution in [2.24, 2.45) is 5.92 Å². The van der Waals surface area contributed by atoms with Crippen LogP contribution in [-0.4, -0.2) is 19.1 Å². The lowest BCUT2D eigenvalue weighted by atomic mass is 10.1. The molecule has 1 aromatic carbocycles. The first-order chi connectivity index (χ1) is 8.59. The average molecular weight is 250 g/mol. The van der Waals surface area contributed by atoms with Crippen LogP contribution in [0.4, 0.5) is 5.69 Å². The van der Waals surface area contributed by atoms with Crippen LogP contribution in [-0.2, 0) is 4.79 Å². The predicted octanol–water partition coefficient (Wildman–Crippen LogP) is 2.20. The molecule has 0 aliphatic heterocycles. The molecule has 0 radical (unpaired) electrons. The second kappa shape index (κ2) is 7.58. The van der Waals surface area contributed by atoms with Crippen LogP contribution in [0.2, 0.25) is 0 Å². The van der Waals surface area contributed by atoms with Crippen molar-refractivity contribution < 1.29 is 9.53 Å². The number of hydrogen-bond acceptors (Lipinski definition) is 3. The summed E-state index contributed by atoms with van der Waals surface area (Å²) < 4.78 is 5.34. The van der Waals surface area contributed by atoms with Crippen molar-refractivity contribution in [3.05, 3.63) is 24.3 Å². The molecule has 0 unspecified atom stereocenters. The molecule has 0 spiro atoms. The zero-order valence-electron chi connectivity index (χ0n) is 11.1. The molecule has 0 fully saturated rings. The monoisotopic (exact) mass is 250 g/mol. The zero-order valence-corrected chi connectivity index (χ0v) is 11.1. The Labute approximate surface area is 109 Å². The SMILES string of the molecule is CC(C)CCCNC(=O)COc1ccccc1N. The first kappa shape index (κ1) is 14.4. The summed E-state index contributed by atoms with van der Waals surface area (Å²) in [7, 11) is 0. The molecule has 0 bridgehead atoms. The zero-order chi connectivity index (χ0) is 13.4. The Morgan fingerprint density at radius 2 is 2.11 bits per heavy atom. The summed E-state index contributed by atoms with van der Waals surface area (Å²) in [5.41, 5.74) is 6.25. The molecule has 0 heterocycles. The van der Waals surface area contributed by atoms with Gasteiger partial charge in [-0.1, -0.05) is 26.0 Å². The van der Waals surface area contributed by atoms with E-state index >= 15 is 0 Å². The van der Waals surface area contributed by atoms with Crippen molar-refractivity contribution in [2.45, 2.75) is 26.7 Å². The number of carbonyl (C=O) groups is 1. The molecule has 0 aliphatic rings. The highest BCUT2D eigenvalue weighted by atomic mass is 16.5. The van der Waals surface area contributed by atoms with Crippen LogP contribution in [0, 0.1) is 5.92 Å². The summed E-state index contributed by atoms with van der Waals surface area (Å²) in [6.45, 7) is 5.05. The van der Waals surface area contributed by atoms with Gasteiger partial charge in [0.15, 0.2) is 6.61 Å². The maximum Gasteiger partial charge on any atom is 0.257 e. The topological polar surface area (TPSA) is 64.3 Å². The van der Waals surface area contributed by atoms with Crippen LogP contribution in [0.25, 0.3) is 0 Å². The number of anilines is 1. The molecular weight excluding hydrogens is 228 g/mol. The Morgan fingerprint density at radius 1 is 1.39 bits per heavy atom. The quantitative estimate of drug-likeness (QED) is 0.576. The molecule has 0 atom stereocenters. The highest BCUT2D eigenvalue weighted by Gasteiger charge is 2.04. The summed E-state index contributed by atoms with van der Waals surface area (Å²) in [6.07, 6.45) is 2.11. The lowest BCUT2D eigenvalue weighted by Gasteiger charge is -2.09. The second-order valence-corrected chi connectivity index (χ2v) is 4.71. The van der Waals surface area contributed by atoms with Gasteiger partial charge in [0.05, 0.1) is 5.69 Å². The third-order valence-electron chi connectivity index (χ3n) is 2.56. The summed E-state index contributed by atoms with van der Waals surface area (Å²) >= 11 is 0. The molecule has 0 aromatic heterocycles.